The molecule has 0 fully saturated rings. The highest BCUT2D eigenvalue weighted by atomic mass is 31.2. The Hall–Kier alpha value is -0.260. The Bertz CT molecular complexity index is 401. The number of ether oxygens (including phenoxy) is 1. The minimum Gasteiger partial charge on any atom is -0.462 e. The summed E-state index contributed by atoms with van der Waals surface area (Å²) in [6.45, 7) is 4.42. The molecule has 1 N–H and O–H groups in total. The number of hydrogen-bond donors (Lipinski definition) is 1. The molecule has 0 aliphatic heterocycles. The lowest BCUT2D eigenvalue weighted by molar-refractivity contribution is -0.135. The average molecular weight is 492 g/mol. The molecule has 0 aliphatic rings. The molecule has 0 aromatic rings. The Morgan fingerprint density at radius 2 is 1.27 bits per heavy atom. The quantitative estimate of drug-likeness (QED) is 0.0734. The summed E-state index contributed by atoms with van der Waals surface area (Å²) in [6.07, 6.45) is 22.3. The summed E-state index contributed by atoms with van der Waals surface area (Å²) in [5.74, 6) is 0. The predicted molar refractivity (Wildman–Crippen MR) is 139 cm³/mol. The van der Waals surface area contributed by atoms with Crippen LogP contribution in [0.3, 0.4) is 0 Å². The minimum atomic E-state index is -1.90. The minimum absolute atomic E-state index is 0.192. The molecule has 0 saturated heterocycles. The monoisotopic (exact) mass is 491 g/mol. The molecule has 0 aromatic heterocycles. The molecule has 0 rings (SSSR count). The van der Waals surface area contributed by atoms with E-state index in [9.17, 15) is 9.69 Å². The molecular weight excluding hydrogens is 437 g/mol. The van der Waals surface area contributed by atoms with Crippen LogP contribution in [-0.2, 0) is 18.6 Å². The highest BCUT2D eigenvalue weighted by Crippen LogP contribution is 2.33. The molecule has 33 heavy (non-hydrogen) atoms. The molecule has 2 unspecified atom stereocenters. The van der Waals surface area contributed by atoms with Crippen molar-refractivity contribution in [2.24, 2.45) is 0 Å². The van der Waals surface area contributed by atoms with Gasteiger partial charge in [0.15, 0.2) is 0 Å². The summed E-state index contributed by atoms with van der Waals surface area (Å²) >= 11 is 0. The normalized spacial score (nSPS) is 13.4. The summed E-state index contributed by atoms with van der Waals surface area (Å²) in [5, 5.41) is 0. The lowest BCUT2D eigenvalue weighted by atomic mass is 10.0. The van der Waals surface area contributed by atoms with Crippen molar-refractivity contribution in [1.29, 1.82) is 0 Å². The number of carbonyl (C=O) groups excluding carboxylic acids is 1. The van der Waals surface area contributed by atoms with E-state index in [1.165, 1.54) is 83.5 Å². The van der Waals surface area contributed by atoms with Crippen LogP contribution in [-0.4, -0.2) is 56.2 Å². The Balaban J connectivity index is 3.51. The van der Waals surface area contributed by atoms with E-state index < -0.39 is 8.60 Å². The van der Waals surface area contributed by atoms with Crippen LogP contribution in [0.1, 0.15) is 122 Å². The number of hydrogen-bond acceptors (Lipinski definition) is 6. The summed E-state index contributed by atoms with van der Waals surface area (Å²) in [5.41, 5.74) is 0. The maximum Gasteiger partial charge on any atom is 0.329 e. The van der Waals surface area contributed by atoms with E-state index in [-0.39, 0.29) is 12.7 Å². The average Bonchev–Trinajstić information content (AvgIpc) is 2.79. The van der Waals surface area contributed by atoms with Crippen molar-refractivity contribution >= 4 is 15.1 Å². The molecule has 198 valence electrons. The fourth-order valence-electron chi connectivity index (χ4n) is 3.87. The second kappa shape index (κ2) is 26.3. The van der Waals surface area contributed by atoms with Crippen LogP contribution in [0.4, 0.5) is 0 Å². The molecule has 2 atom stereocenters. The third-order valence-corrected chi connectivity index (χ3v) is 6.72. The first kappa shape index (κ1) is 32.7. The van der Waals surface area contributed by atoms with Gasteiger partial charge in [0.1, 0.15) is 6.10 Å². The van der Waals surface area contributed by atoms with Crippen LogP contribution in [0.5, 0.6) is 0 Å². The third-order valence-electron chi connectivity index (χ3n) is 5.95. The smallest absolute Gasteiger partial charge is 0.329 e. The number of carbonyl (C=O) groups is 1. The maximum absolute atomic E-state index is 10.7. The molecule has 7 heteroatoms. The third kappa shape index (κ3) is 26.2. The van der Waals surface area contributed by atoms with Crippen molar-refractivity contribution in [2.45, 2.75) is 129 Å². The molecule has 0 aromatic carbocycles. The zero-order chi connectivity index (χ0) is 24.4. The number of unbranched alkanes of at least 4 members (excludes halogenated alkanes) is 15. The Kier molecular flexibility index (Phi) is 26.1. The van der Waals surface area contributed by atoms with E-state index in [0.29, 0.717) is 13.1 Å². The van der Waals surface area contributed by atoms with Gasteiger partial charge >= 0.3 is 8.60 Å². The SMILES string of the molecule is CCCCCCCCCCCCCCCCCC(COP(O)OCCCCN(C)C)OC=O. The van der Waals surface area contributed by atoms with Crippen LogP contribution in [0.15, 0.2) is 0 Å². The lowest BCUT2D eigenvalue weighted by Crippen LogP contribution is -2.18. The van der Waals surface area contributed by atoms with Crippen molar-refractivity contribution < 1.29 is 23.5 Å². The predicted octanol–water partition coefficient (Wildman–Crippen LogP) is 7.38. The van der Waals surface area contributed by atoms with Gasteiger partial charge < -0.3 is 23.6 Å². The summed E-state index contributed by atoms with van der Waals surface area (Å²) in [7, 11) is 2.17. The molecule has 0 spiro atoms. The van der Waals surface area contributed by atoms with Gasteiger partial charge in [0.25, 0.3) is 6.47 Å². The van der Waals surface area contributed by atoms with Crippen LogP contribution >= 0.6 is 8.60 Å². The van der Waals surface area contributed by atoms with Crippen molar-refractivity contribution in [3.63, 3.8) is 0 Å². The molecule has 0 bridgehead atoms. The maximum atomic E-state index is 10.7. The van der Waals surface area contributed by atoms with Crippen LogP contribution in [0.25, 0.3) is 0 Å². The van der Waals surface area contributed by atoms with Gasteiger partial charge in [0.05, 0.1) is 13.2 Å². The Morgan fingerprint density at radius 1 is 0.758 bits per heavy atom. The van der Waals surface area contributed by atoms with E-state index in [2.05, 4.69) is 11.8 Å². The van der Waals surface area contributed by atoms with Gasteiger partial charge in [-0.15, -0.1) is 0 Å². The van der Waals surface area contributed by atoms with Crippen LogP contribution in [0.2, 0.25) is 0 Å². The van der Waals surface area contributed by atoms with Crippen molar-refractivity contribution in [1.82, 2.24) is 4.90 Å². The molecule has 6 nitrogen and oxygen atoms in total. The largest absolute Gasteiger partial charge is 0.462 e. The standard InChI is InChI=1S/C26H54NO5P/c1-4-5-6-7-8-9-10-11-12-13-14-15-16-17-18-21-26(30-25-28)24-32-33(29)31-23-20-19-22-27(2)3/h25-26,29H,4-24H2,1-3H3. The van der Waals surface area contributed by atoms with Gasteiger partial charge in [-0.2, -0.15) is 0 Å². The lowest BCUT2D eigenvalue weighted by Gasteiger charge is -2.17. The summed E-state index contributed by atoms with van der Waals surface area (Å²) in [6, 6.07) is 0. The molecule has 0 aliphatic carbocycles. The fraction of sp³-hybridized carbons (Fsp3) is 0.962. The van der Waals surface area contributed by atoms with Gasteiger partial charge in [-0.05, 0) is 46.3 Å². The molecule has 0 amide bonds. The van der Waals surface area contributed by atoms with E-state index in [1.54, 1.807) is 0 Å². The van der Waals surface area contributed by atoms with E-state index >= 15 is 0 Å². The fourth-order valence-corrected chi connectivity index (χ4v) is 4.52. The zero-order valence-corrected chi connectivity index (χ0v) is 22.9. The van der Waals surface area contributed by atoms with E-state index in [0.717, 1.165) is 38.6 Å². The van der Waals surface area contributed by atoms with E-state index in [4.69, 9.17) is 13.8 Å². The first-order valence-electron chi connectivity index (χ1n) is 13.6. The Morgan fingerprint density at radius 3 is 1.76 bits per heavy atom. The highest BCUT2D eigenvalue weighted by molar-refractivity contribution is 7.40. The van der Waals surface area contributed by atoms with Crippen molar-refractivity contribution in [3.05, 3.63) is 0 Å². The van der Waals surface area contributed by atoms with Crippen molar-refractivity contribution in [2.75, 3.05) is 33.9 Å². The van der Waals surface area contributed by atoms with Crippen molar-refractivity contribution in [3.8, 4) is 0 Å². The van der Waals surface area contributed by atoms with Gasteiger partial charge in [0.2, 0.25) is 0 Å². The second-order valence-electron chi connectivity index (χ2n) is 9.47. The van der Waals surface area contributed by atoms with E-state index in [1.807, 2.05) is 14.1 Å². The summed E-state index contributed by atoms with van der Waals surface area (Å²) < 4.78 is 15.8. The van der Waals surface area contributed by atoms with Gasteiger partial charge in [0, 0.05) is 0 Å². The zero-order valence-electron chi connectivity index (χ0n) is 22.0. The highest BCUT2D eigenvalue weighted by Gasteiger charge is 2.14. The number of rotatable bonds is 27. The number of nitrogens with zero attached hydrogens (tertiary/aromatic N) is 1. The first-order valence-corrected chi connectivity index (χ1v) is 14.7. The van der Waals surface area contributed by atoms with Gasteiger partial charge in [-0.25, -0.2) is 0 Å². The Labute approximate surface area is 206 Å². The van der Waals surface area contributed by atoms with Crippen LogP contribution < -0.4 is 0 Å². The first-order chi connectivity index (χ1) is 16.1. The van der Waals surface area contributed by atoms with Gasteiger partial charge in [-0.3, -0.25) is 4.79 Å². The van der Waals surface area contributed by atoms with Gasteiger partial charge in [-0.1, -0.05) is 96.8 Å². The summed E-state index contributed by atoms with van der Waals surface area (Å²) in [4.78, 5) is 22.7. The second-order valence-corrected chi connectivity index (χ2v) is 10.5. The molecule has 0 radical (unpaired) electrons. The topological polar surface area (TPSA) is 68.2 Å². The molecule has 0 saturated carbocycles. The molecular formula is C26H54NO5P. The molecule has 0 heterocycles. The van der Waals surface area contributed by atoms with Crippen LogP contribution in [0, 0.1) is 0 Å².